The number of rotatable bonds is 4. The molecule has 0 fully saturated rings. The molecule has 0 aliphatic rings. The van der Waals surface area contributed by atoms with E-state index in [-0.39, 0.29) is 12.3 Å². The van der Waals surface area contributed by atoms with Gasteiger partial charge in [0.15, 0.2) is 0 Å². The molecule has 11 heavy (non-hydrogen) atoms. The van der Waals surface area contributed by atoms with Crippen LogP contribution in [0.4, 0.5) is 4.79 Å². The van der Waals surface area contributed by atoms with Gasteiger partial charge < -0.3 is 15.2 Å². The summed E-state index contributed by atoms with van der Waals surface area (Å²) in [4.78, 5) is 9.98. The number of primary amides is 1. The summed E-state index contributed by atoms with van der Waals surface area (Å²) in [6.07, 6.45) is -1.30. The van der Waals surface area contributed by atoms with Crippen LogP contribution in [0.2, 0.25) is 0 Å². The number of nitrogens with one attached hydrogen (secondary N) is 1. The second-order valence-electron chi connectivity index (χ2n) is 1.77. The molecule has 0 bridgehead atoms. The van der Waals surface area contributed by atoms with Crippen LogP contribution in [0.25, 0.3) is 0 Å². The molecule has 7 heteroatoms. The van der Waals surface area contributed by atoms with Crippen LogP contribution in [0.3, 0.4) is 0 Å². The predicted octanol–water partition coefficient (Wildman–Crippen LogP) is -1.37. The summed E-state index contributed by atoms with van der Waals surface area (Å²) >= 11 is 0. The van der Waals surface area contributed by atoms with Gasteiger partial charge >= 0.3 is 16.2 Å². The lowest BCUT2D eigenvalue weighted by Crippen LogP contribution is -2.25. The van der Waals surface area contributed by atoms with Crippen LogP contribution in [0.1, 0.15) is 0 Å². The van der Waals surface area contributed by atoms with E-state index in [1.54, 1.807) is 7.05 Å². The molecule has 0 spiro atoms. The first-order valence-corrected chi connectivity index (χ1v) is 4.42. The molecule has 0 saturated carbocycles. The molecule has 0 aromatic rings. The Morgan fingerprint density at radius 2 is 2.18 bits per heavy atom. The minimum absolute atomic E-state index is 0.218. The van der Waals surface area contributed by atoms with Gasteiger partial charge in [0.2, 0.25) is 0 Å². The monoisotopic (exact) mass is 182 g/mol. The summed E-state index contributed by atoms with van der Waals surface area (Å²) < 4.78 is 25.1. The third kappa shape index (κ3) is 5.62. The Labute approximate surface area is 64.8 Å². The SMILES string of the molecule is CNCCS(=O)(=O)OC(N)=O. The van der Waals surface area contributed by atoms with Gasteiger partial charge in [-0.05, 0) is 7.05 Å². The Morgan fingerprint density at radius 1 is 1.64 bits per heavy atom. The van der Waals surface area contributed by atoms with Crippen LogP contribution in [0, 0.1) is 0 Å². The first-order chi connectivity index (χ1) is 4.98. The summed E-state index contributed by atoms with van der Waals surface area (Å²) in [6, 6.07) is 0. The molecule has 0 aliphatic heterocycles. The molecular weight excluding hydrogens is 172 g/mol. The van der Waals surface area contributed by atoms with Crippen molar-refractivity contribution in [1.82, 2.24) is 5.32 Å². The second kappa shape index (κ2) is 4.14. The topological polar surface area (TPSA) is 98.5 Å². The molecule has 6 nitrogen and oxygen atoms in total. The summed E-state index contributed by atoms with van der Waals surface area (Å²) in [5.41, 5.74) is 4.49. The highest BCUT2D eigenvalue weighted by Crippen LogP contribution is 1.90. The normalized spacial score (nSPS) is 11.0. The zero-order chi connectivity index (χ0) is 8.91. The van der Waals surface area contributed by atoms with Crippen LogP contribution < -0.4 is 11.1 Å². The van der Waals surface area contributed by atoms with Crippen molar-refractivity contribution >= 4 is 16.2 Å². The number of amides is 1. The number of nitrogens with two attached hydrogens (primary N) is 1. The van der Waals surface area contributed by atoms with Crippen LogP contribution in [0.5, 0.6) is 0 Å². The maximum absolute atomic E-state index is 10.6. The standard InChI is InChI=1S/C4H10N2O4S/c1-6-2-3-11(8,9)10-4(5)7/h6H,2-3H2,1H3,(H2,5,7). The Bertz CT molecular complexity index is 222. The van der Waals surface area contributed by atoms with Crippen molar-refractivity contribution in [3.05, 3.63) is 0 Å². The van der Waals surface area contributed by atoms with Crippen molar-refractivity contribution < 1.29 is 17.4 Å². The van der Waals surface area contributed by atoms with Gasteiger partial charge in [-0.2, -0.15) is 8.42 Å². The average molecular weight is 182 g/mol. The number of hydrogen-bond acceptors (Lipinski definition) is 5. The van der Waals surface area contributed by atoms with Crippen LogP contribution in [0.15, 0.2) is 0 Å². The summed E-state index contributed by atoms with van der Waals surface area (Å²) in [7, 11) is -2.20. The number of hydrogen-bond donors (Lipinski definition) is 2. The number of carbonyl (C=O) groups excluding carboxylic acids is 1. The zero-order valence-electron chi connectivity index (χ0n) is 6.03. The van der Waals surface area contributed by atoms with E-state index in [9.17, 15) is 13.2 Å². The fraction of sp³-hybridized carbons (Fsp3) is 0.750. The third-order valence-electron chi connectivity index (χ3n) is 0.811. The first kappa shape index (κ1) is 10.2. The molecule has 0 aromatic heterocycles. The van der Waals surface area contributed by atoms with Crippen molar-refractivity contribution in [2.75, 3.05) is 19.3 Å². The smallest absolute Gasteiger partial charge is 0.334 e. The Morgan fingerprint density at radius 3 is 2.55 bits per heavy atom. The second-order valence-corrected chi connectivity index (χ2v) is 3.46. The van der Waals surface area contributed by atoms with Gasteiger partial charge in [0.05, 0.1) is 5.75 Å². The lowest BCUT2D eigenvalue weighted by Gasteiger charge is -2.00. The van der Waals surface area contributed by atoms with Gasteiger partial charge in [0, 0.05) is 6.54 Å². The van der Waals surface area contributed by atoms with Crippen molar-refractivity contribution in [3.8, 4) is 0 Å². The first-order valence-electron chi connectivity index (χ1n) is 2.84. The van der Waals surface area contributed by atoms with E-state index < -0.39 is 16.2 Å². The maximum Gasteiger partial charge on any atom is 0.420 e. The molecule has 66 valence electrons. The fourth-order valence-electron chi connectivity index (χ4n) is 0.394. The van der Waals surface area contributed by atoms with Crippen molar-refractivity contribution in [2.45, 2.75) is 0 Å². The highest BCUT2D eigenvalue weighted by molar-refractivity contribution is 7.87. The van der Waals surface area contributed by atoms with Gasteiger partial charge in [0.25, 0.3) is 0 Å². The van der Waals surface area contributed by atoms with E-state index in [0.29, 0.717) is 0 Å². The highest BCUT2D eigenvalue weighted by Gasteiger charge is 2.13. The largest absolute Gasteiger partial charge is 0.420 e. The molecule has 0 saturated heterocycles. The van der Waals surface area contributed by atoms with Gasteiger partial charge in [-0.3, -0.25) is 0 Å². The Balaban J connectivity index is 3.92. The van der Waals surface area contributed by atoms with Gasteiger partial charge in [-0.1, -0.05) is 0 Å². The van der Waals surface area contributed by atoms with E-state index in [2.05, 4.69) is 15.2 Å². The molecule has 0 radical (unpaired) electrons. The van der Waals surface area contributed by atoms with Crippen LogP contribution in [-0.2, 0) is 14.3 Å². The summed E-state index contributed by atoms with van der Waals surface area (Å²) in [6.45, 7) is 0.218. The van der Waals surface area contributed by atoms with Gasteiger partial charge in [0.1, 0.15) is 0 Å². The molecule has 0 heterocycles. The molecule has 0 unspecified atom stereocenters. The van der Waals surface area contributed by atoms with Crippen molar-refractivity contribution in [2.24, 2.45) is 5.73 Å². The highest BCUT2D eigenvalue weighted by atomic mass is 32.2. The molecular formula is C4H10N2O4S. The molecule has 0 atom stereocenters. The van der Waals surface area contributed by atoms with E-state index >= 15 is 0 Å². The predicted molar refractivity (Wildman–Crippen MR) is 38.4 cm³/mol. The zero-order valence-corrected chi connectivity index (χ0v) is 6.85. The summed E-state index contributed by atoms with van der Waals surface area (Å²) in [5, 5.41) is 2.59. The third-order valence-corrected chi connectivity index (χ3v) is 1.93. The van der Waals surface area contributed by atoms with E-state index in [1.807, 2.05) is 0 Å². The Hall–Kier alpha value is -0.820. The van der Waals surface area contributed by atoms with E-state index in [0.717, 1.165) is 0 Å². The lowest BCUT2D eigenvalue weighted by molar-refractivity contribution is 0.213. The maximum atomic E-state index is 10.6. The quantitative estimate of drug-likeness (QED) is 0.523. The molecule has 1 amide bonds. The van der Waals surface area contributed by atoms with Crippen molar-refractivity contribution in [3.63, 3.8) is 0 Å². The molecule has 3 N–H and O–H groups in total. The minimum Gasteiger partial charge on any atom is -0.334 e. The number of carbonyl (C=O) groups is 1. The Kier molecular flexibility index (Phi) is 3.83. The van der Waals surface area contributed by atoms with Crippen LogP contribution >= 0.6 is 0 Å². The fourth-order valence-corrected chi connectivity index (χ4v) is 1.18. The average Bonchev–Trinajstić information content (AvgIpc) is 1.81. The molecule has 0 aromatic carbocycles. The minimum atomic E-state index is -3.78. The molecule has 0 rings (SSSR count). The molecule has 0 aliphatic carbocycles. The van der Waals surface area contributed by atoms with Gasteiger partial charge in [-0.25, -0.2) is 4.79 Å². The van der Waals surface area contributed by atoms with Crippen molar-refractivity contribution in [1.29, 1.82) is 0 Å². The van der Waals surface area contributed by atoms with E-state index in [1.165, 1.54) is 0 Å². The van der Waals surface area contributed by atoms with E-state index in [4.69, 9.17) is 0 Å². The lowest BCUT2D eigenvalue weighted by atomic mass is 10.8. The summed E-state index contributed by atoms with van der Waals surface area (Å²) in [5.74, 6) is -0.271. The van der Waals surface area contributed by atoms with Crippen LogP contribution in [-0.4, -0.2) is 33.9 Å². The van der Waals surface area contributed by atoms with Gasteiger partial charge in [-0.15, -0.1) is 0 Å².